The summed E-state index contributed by atoms with van der Waals surface area (Å²) in [7, 11) is -10.9. The monoisotopic (exact) mass is 929 g/mol. The maximum atomic E-state index is 14.3. The van der Waals surface area contributed by atoms with Crippen molar-refractivity contribution in [3.05, 3.63) is 124 Å². The molecule has 0 radical (unpaired) electrons. The van der Waals surface area contributed by atoms with Crippen molar-refractivity contribution in [2.75, 3.05) is 44.2 Å². The number of allylic oxidation sites excluding steroid dienone is 1. The van der Waals surface area contributed by atoms with E-state index in [2.05, 4.69) is 35.8 Å². The van der Waals surface area contributed by atoms with Gasteiger partial charge in [-0.2, -0.15) is 13.2 Å². The van der Waals surface area contributed by atoms with Gasteiger partial charge in [0.2, 0.25) is 6.29 Å². The highest BCUT2D eigenvalue weighted by Gasteiger charge is 2.48. The molecule has 0 saturated carbocycles. The Bertz CT molecular complexity index is 2540. The molecule has 3 aliphatic rings. The molecule has 2 heterocycles. The van der Waals surface area contributed by atoms with Gasteiger partial charge in [-0.05, 0) is 127 Å². The van der Waals surface area contributed by atoms with Crippen LogP contribution >= 0.6 is 11.6 Å². The number of carbonyl (C=O) groups is 1. The lowest BCUT2D eigenvalue weighted by Crippen LogP contribution is -2.47. The van der Waals surface area contributed by atoms with Crippen molar-refractivity contribution >= 4 is 48.6 Å². The van der Waals surface area contributed by atoms with Gasteiger partial charge >= 0.3 is 5.51 Å². The van der Waals surface area contributed by atoms with Gasteiger partial charge in [-0.1, -0.05) is 61.4 Å². The second kappa shape index (κ2) is 18.6. The average molecular weight is 931 g/mol. The number of rotatable bonds is 12. The van der Waals surface area contributed by atoms with Crippen LogP contribution in [0.15, 0.2) is 106 Å². The standard InChI is InChI=1S/C46H51ClF3N3O8S2/c1-31-6-19-39(27-42(31)62(56,57)46(48,49)50)63(58,59)53(29-32-7-17-38(18-8-32)61-44-41(54)5-4-26-60-44)43(55)34-11-15-37(16-12-34)52-24-22-51(23-25-52)30-35-28-45(2,3)21-20-40(35)33-9-13-36(47)14-10-33/h6-19,27,41,44,54H,4-5,20-26,28-30H2,1-3H3. The third-order valence-corrected chi connectivity index (χ3v) is 15.5. The Labute approximate surface area is 372 Å². The summed E-state index contributed by atoms with van der Waals surface area (Å²) in [6, 6.07) is 22.9. The van der Waals surface area contributed by atoms with E-state index in [1.165, 1.54) is 53.1 Å². The number of alkyl halides is 3. The number of benzene rings is 4. The molecule has 11 nitrogen and oxygen atoms in total. The Balaban J connectivity index is 1.10. The van der Waals surface area contributed by atoms with Crippen LogP contribution in [0.1, 0.15) is 73.0 Å². The van der Waals surface area contributed by atoms with Crippen molar-refractivity contribution in [3.63, 3.8) is 0 Å². The summed E-state index contributed by atoms with van der Waals surface area (Å²) >= 11 is 6.20. The first kappa shape index (κ1) is 46.5. The van der Waals surface area contributed by atoms with Gasteiger partial charge in [0, 0.05) is 49.0 Å². The summed E-state index contributed by atoms with van der Waals surface area (Å²) < 4.78 is 106. The molecule has 2 saturated heterocycles. The quantitative estimate of drug-likeness (QED) is 0.147. The first-order valence-electron chi connectivity index (χ1n) is 20.8. The molecule has 0 spiro atoms. The molecule has 0 aromatic heterocycles. The van der Waals surface area contributed by atoms with E-state index >= 15 is 0 Å². The molecule has 17 heteroatoms. The second-order valence-corrected chi connectivity index (χ2v) is 21.4. The van der Waals surface area contributed by atoms with Crippen molar-refractivity contribution in [1.29, 1.82) is 0 Å². The number of ether oxygens (including phenoxy) is 2. The number of sulfonamides is 1. The van der Waals surface area contributed by atoms with Crippen LogP contribution < -0.4 is 9.64 Å². The molecular formula is C46H51ClF3N3O8S2. The lowest BCUT2D eigenvalue weighted by atomic mass is 9.73. The Morgan fingerprint density at radius 1 is 0.937 bits per heavy atom. The smallest absolute Gasteiger partial charge is 0.462 e. The minimum Gasteiger partial charge on any atom is -0.462 e. The Hall–Kier alpha value is -4.45. The predicted octanol–water partition coefficient (Wildman–Crippen LogP) is 8.64. The topological polar surface area (TPSA) is 134 Å². The van der Waals surface area contributed by atoms with Crippen LogP contribution in [0, 0.1) is 12.3 Å². The van der Waals surface area contributed by atoms with Gasteiger partial charge in [-0.15, -0.1) is 0 Å². The molecule has 1 N–H and O–H groups in total. The molecule has 1 aliphatic carbocycles. The van der Waals surface area contributed by atoms with E-state index in [1.54, 1.807) is 12.1 Å². The van der Waals surface area contributed by atoms with Gasteiger partial charge in [0.25, 0.3) is 25.8 Å². The average Bonchev–Trinajstić information content (AvgIpc) is 3.24. The molecule has 338 valence electrons. The molecule has 0 bridgehead atoms. The summed E-state index contributed by atoms with van der Waals surface area (Å²) in [5.41, 5.74) is -0.669. The van der Waals surface area contributed by atoms with E-state index in [0.29, 0.717) is 59.2 Å². The van der Waals surface area contributed by atoms with Gasteiger partial charge < -0.3 is 19.5 Å². The number of hydrogen-bond donors (Lipinski definition) is 1. The van der Waals surface area contributed by atoms with Crippen LogP contribution in [-0.2, 0) is 31.1 Å². The number of aryl methyl sites for hydroxylation is 1. The minimum atomic E-state index is -5.94. The number of piperazine rings is 1. The lowest BCUT2D eigenvalue weighted by Gasteiger charge is -2.39. The van der Waals surface area contributed by atoms with Crippen molar-refractivity contribution in [2.24, 2.45) is 5.41 Å². The Morgan fingerprint density at radius 3 is 2.24 bits per heavy atom. The zero-order valence-electron chi connectivity index (χ0n) is 35.3. The number of hydrogen-bond acceptors (Lipinski definition) is 10. The van der Waals surface area contributed by atoms with E-state index < -0.39 is 60.0 Å². The molecule has 2 aliphatic heterocycles. The zero-order chi connectivity index (χ0) is 45.3. The predicted molar refractivity (Wildman–Crippen MR) is 235 cm³/mol. The number of aliphatic hydroxyl groups excluding tert-OH is 1. The normalized spacial score (nSPS) is 20.1. The number of halogens is 4. The minimum absolute atomic E-state index is 0.0128. The molecule has 7 rings (SSSR count). The Morgan fingerprint density at radius 2 is 1.60 bits per heavy atom. The highest BCUT2D eigenvalue weighted by atomic mass is 35.5. The highest BCUT2D eigenvalue weighted by molar-refractivity contribution is 7.92. The lowest BCUT2D eigenvalue weighted by molar-refractivity contribution is -0.170. The van der Waals surface area contributed by atoms with E-state index in [0.717, 1.165) is 63.6 Å². The second-order valence-electron chi connectivity index (χ2n) is 17.1. The van der Waals surface area contributed by atoms with Crippen LogP contribution in [0.4, 0.5) is 18.9 Å². The van der Waals surface area contributed by atoms with Crippen molar-refractivity contribution in [1.82, 2.24) is 9.21 Å². The van der Waals surface area contributed by atoms with Gasteiger partial charge in [0.15, 0.2) is 0 Å². The van der Waals surface area contributed by atoms with Crippen LogP contribution in [0.25, 0.3) is 5.57 Å². The molecule has 2 atom stereocenters. The molecule has 4 aromatic rings. The van der Waals surface area contributed by atoms with Crippen molar-refractivity contribution in [2.45, 2.75) is 87.1 Å². The summed E-state index contributed by atoms with van der Waals surface area (Å²) in [5, 5.41) is 11.0. The molecular weight excluding hydrogens is 879 g/mol. The summed E-state index contributed by atoms with van der Waals surface area (Å²) in [5.74, 6) is -0.675. The molecule has 2 fully saturated rings. The van der Waals surface area contributed by atoms with E-state index in [-0.39, 0.29) is 16.5 Å². The largest absolute Gasteiger partial charge is 0.501 e. The van der Waals surface area contributed by atoms with Crippen LogP contribution in [0.3, 0.4) is 0 Å². The first-order chi connectivity index (χ1) is 29.7. The maximum Gasteiger partial charge on any atom is 0.501 e. The van der Waals surface area contributed by atoms with Gasteiger partial charge in [-0.25, -0.2) is 21.1 Å². The van der Waals surface area contributed by atoms with Crippen LogP contribution in [0.2, 0.25) is 5.02 Å². The summed E-state index contributed by atoms with van der Waals surface area (Å²) in [6.07, 6.45) is 2.53. The molecule has 1 amide bonds. The van der Waals surface area contributed by atoms with Crippen LogP contribution in [-0.4, -0.2) is 94.3 Å². The third-order valence-electron chi connectivity index (χ3n) is 11.9. The summed E-state index contributed by atoms with van der Waals surface area (Å²) in [4.78, 5) is 16.9. The fourth-order valence-electron chi connectivity index (χ4n) is 8.33. The van der Waals surface area contributed by atoms with Gasteiger partial charge in [0.1, 0.15) is 11.9 Å². The molecule has 4 aromatic carbocycles. The molecule has 2 unspecified atom stereocenters. The van der Waals surface area contributed by atoms with Gasteiger partial charge in [0.05, 0.1) is 22.9 Å². The highest BCUT2D eigenvalue weighted by Crippen LogP contribution is 2.43. The fraction of sp³-hybridized carbons (Fsp3) is 0.413. The van der Waals surface area contributed by atoms with E-state index in [1.807, 2.05) is 12.1 Å². The van der Waals surface area contributed by atoms with Gasteiger partial charge in [-0.3, -0.25) is 9.69 Å². The molecule has 63 heavy (non-hydrogen) atoms. The zero-order valence-corrected chi connectivity index (χ0v) is 37.7. The van der Waals surface area contributed by atoms with E-state index in [9.17, 15) is 39.9 Å². The van der Waals surface area contributed by atoms with E-state index in [4.69, 9.17) is 21.1 Å². The Kier molecular flexibility index (Phi) is 13.7. The SMILES string of the molecule is Cc1ccc(S(=O)(=O)N(Cc2ccc(OC3OCCCC3O)cc2)C(=O)c2ccc(N3CCN(CC4=C(c5ccc(Cl)cc5)CCC(C)(C)C4)CC3)cc2)cc1S(=O)(=O)C(F)(F)F. The third kappa shape index (κ3) is 10.6. The maximum absolute atomic E-state index is 14.3. The van der Waals surface area contributed by atoms with Crippen molar-refractivity contribution < 1.29 is 49.4 Å². The number of aliphatic hydroxyl groups is 1. The van der Waals surface area contributed by atoms with Crippen molar-refractivity contribution in [3.8, 4) is 5.75 Å². The number of nitrogens with zero attached hydrogens (tertiary/aromatic N) is 3. The number of carbonyl (C=O) groups excluding carboxylic acids is 1. The number of sulfone groups is 1. The fourth-order valence-corrected chi connectivity index (χ4v) is 11.0. The first-order valence-corrected chi connectivity index (χ1v) is 24.1. The number of amides is 1. The summed E-state index contributed by atoms with van der Waals surface area (Å²) in [6.45, 7) is 9.45. The number of anilines is 1. The van der Waals surface area contributed by atoms with Crippen LogP contribution in [0.5, 0.6) is 5.75 Å².